The molecule has 1 heterocycles. The maximum Gasteiger partial charge on any atom is 0.334 e. The van der Waals surface area contributed by atoms with Crippen LogP contribution in [0.2, 0.25) is 0 Å². The van der Waals surface area contributed by atoms with Crippen molar-refractivity contribution in [3.63, 3.8) is 0 Å². The highest BCUT2D eigenvalue weighted by atomic mass is 16.6. The van der Waals surface area contributed by atoms with Gasteiger partial charge in [-0.3, -0.25) is 0 Å². The fourth-order valence-electron chi connectivity index (χ4n) is 1.23. The van der Waals surface area contributed by atoms with Crippen LogP contribution in [0.25, 0.3) is 0 Å². The first-order valence-corrected chi connectivity index (χ1v) is 4.51. The molecule has 0 N–H and O–H groups in total. The van der Waals surface area contributed by atoms with E-state index in [0.29, 0.717) is 12.5 Å². The van der Waals surface area contributed by atoms with E-state index in [1.807, 2.05) is 0 Å². The zero-order chi connectivity index (χ0) is 9.68. The van der Waals surface area contributed by atoms with Gasteiger partial charge in [0.15, 0.2) is 6.10 Å². The summed E-state index contributed by atoms with van der Waals surface area (Å²) in [6.07, 6.45) is 0.555. The van der Waals surface area contributed by atoms with Crippen molar-refractivity contribution in [1.29, 1.82) is 0 Å². The standard InChI is InChI=1S/C9H16O4/c1-7(9(10)11-2)13-6-8-3-4-12-5-8/h7-8H,3-6H2,1-2H3/t7-,8?/m1/s1. The number of hydrogen-bond donors (Lipinski definition) is 0. The molecular weight excluding hydrogens is 172 g/mol. The van der Waals surface area contributed by atoms with E-state index in [1.165, 1.54) is 7.11 Å². The van der Waals surface area contributed by atoms with E-state index in [-0.39, 0.29) is 5.97 Å². The first-order chi connectivity index (χ1) is 6.24. The Kier molecular flexibility index (Phi) is 4.18. The van der Waals surface area contributed by atoms with Gasteiger partial charge in [0.25, 0.3) is 0 Å². The van der Waals surface area contributed by atoms with Crippen molar-refractivity contribution < 1.29 is 19.0 Å². The minimum atomic E-state index is -0.467. The summed E-state index contributed by atoms with van der Waals surface area (Å²) in [5.41, 5.74) is 0. The molecule has 1 fully saturated rings. The lowest BCUT2D eigenvalue weighted by Crippen LogP contribution is -2.25. The van der Waals surface area contributed by atoms with Gasteiger partial charge in [0.1, 0.15) is 0 Å². The van der Waals surface area contributed by atoms with E-state index in [9.17, 15) is 4.79 Å². The smallest absolute Gasteiger partial charge is 0.334 e. The summed E-state index contributed by atoms with van der Waals surface area (Å²) in [5.74, 6) is 0.117. The minimum absolute atomic E-state index is 0.320. The number of ether oxygens (including phenoxy) is 3. The summed E-state index contributed by atoms with van der Waals surface area (Å²) in [5, 5.41) is 0. The molecule has 76 valence electrons. The molecule has 0 saturated carbocycles. The van der Waals surface area contributed by atoms with Crippen LogP contribution in [-0.2, 0) is 19.0 Å². The van der Waals surface area contributed by atoms with Crippen molar-refractivity contribution in [3.8, 4) is 0 Å². The number of carbonyl (C=O) groups excluding carboxylic acids is 1. The van der Waals surface area contributed by atoms with Crippen molar-refractivity contribution >= 4 is 5.97 Å². The van der Waals surface area contributed by atoms with Gasteiger partial charge in [0.05, 0.1) is 20.3 Å². The molecule has 1 unspecified atom stereocenters. The Balaban J connectivity index is 2.13. The van der Waals surface area contributed by atoms with Crippen molar-refractivity contribution in [1.82, 2.24) is 0 Å². The number of hydrogen-bond acceptors (Lipinski definition) is 4. The molecule has 4 nitrogen and oxygen atoms in total. The van der Waals surface area contributed by atoms with Gasteiger partial charge in [0.2, 0.25) is 0 Å². The normalized spacial score (nSPS) is 24.3. The minimum Gasteiger partial charge on any atom is -0.467 e. The van der Waals surface area contributed by atoms with Crippen LogP contribution in [0.15, 0.2) is 0 Å². The van der Waals surface area contributed by atoms with Crippen LogP contribution < -0.4 is 0 Å². The van der Waals surface area contributed by atoms with Gasteiger partial charge >= 0.3 is 5.97 Å². The topological polar surface area (TPSA) is 44.8 Å². The SMILES string of the molecule is COC(=O)[C@@H](C)OCC1CCOC1. The lowest BCUT2D eigenvalue weighted by atomic mass is 10.1. The van der Waals surface area contributed by atoms with Crippen LogP contribution in [-0.4, -0.2) is 39.0 Å². The molecule has 1 aliphatic heterocycles. The van der Waals surface area contributed by atoms with Gasteiger partial charge in [-0.1, -0.05) is 0 Å². The zero-order valence-corrected chi connectivity index (χ0v) is 8.12. The fourth-order valence-corrected chi connectivity index (χ4v) is 1.23. The Hall–Kier alpha value is -0.610. The highest BCUT2D eigenvalue weighted by Crippen LogP contribution is 2.13. The first-order valence-electron chi connectivity index (χ1n) is 4.51. The summed E-state index contributed by atoms with van der Waals surface area (Å²) >= 11 is 0. The van der Waals surface area contributed by atoms with E-state index >= 15 is 0 Å². The highest BCUT2D eigenvalue weighted by Gasteiger charge is 2.19. The molecule has 13 heavy (non-hydrogen) atoms. The summed E-state index contributed by atoms with van der Waals surface area (Å²) in [6, 6.07) is 0. The van der Waals surface area contributed by atoms with Gasteiger partial charge in [0, 0.05) is 12.5 Å². The molecule has 0 aromatic carbocycles. The zero-order valence-electron chi connectivity index (χ0n) is 8.12. The largest absolute Gasteiger partial charge is 0.467 e. The Morgan fingerprint density at radius 1 is 1.69 bits per heavy atom. The van der Waals surface area contributed by atoms with Gasteiger partial charge in [-0.2, -0.15) is 0 Å². The predicted molar refractivity (Wildman–Crippen MR) is 46.4 cm³/mol. The Morgan fingerprint density at radius 2 is 2.46 bits per heavy atom. The van der Waals surface area contributed by atoms with Crippen molar-refractivity contribution in [2.45, 2.75) is 19.4 Å². The van der Waals surface area contributed by atoms with E-state index in [2.05, 4.69) is 4.74 Å². The fraction of sp³-hybridized carbons (Fsp3) is 0.889. The van der Waals surface area contributed by atoms with Crippen LogP contribution >= 0.6 is 0 Å². The van der Waals surface area contributed by atoms with Crippen LogP contribution in [0.5, 0.6) is 0 Å². The maximum absolute atomic E-state index is 10.9. The first kappa shape index (κ1) is 10.5. The second-order valence-electron chi connectivity index (χ2n) is 3.23. The molecule has 0 aliphatic carbocycles. The molecule has 0 radical (unpaired) electrons. The van der Waals surface area contributed by atoms with Crippen molar-refractivity contribution in [2.24, 2.45) is 5.92 Å². The van der Waals surface area contributed by atoms with Crippen LogP contribution in [0.4, 0.5) is 0 Å². The molecule has 1 aliphatic rings. The summed E-state index contributed by atoms with van der Waals surface area (Å²) in [7, 11) is 1.36. The summed E-state index contributed by atoms with van der Waals surface area (Å²) in [4.78, 5) is 10.9. The van der Waals surface area contributed by atoms with E-state index in [0.717, 1.165) is 19.6 Å². The number of esters is 1. The van der Waals surface area contributed by atoms with E-state index in [4.69, 9.17) is 9.47 Å². The average Bonchev–Trinajstić information content (AvgIpc) is 2.65. The Labute approximate surface area is 78.2 Å². The average molecular weight is 188 g/mol. The predicted octanol–water partition coefficient (Wildman–Crippen LogP) is 0.601. The molecular formula is C9H16O4. The van der Waals surface area contributed by atoms with Crippen LogP contribution in [0, 0.1) is 5.92 Å². The second kappa shape index (κ2) is 5.19. The molecule has 2 atom stereocenters. The molecule has 1 rings (SSSR count). The van der Waals surface area contributed by atoms with E-state index in [1.54, 1.807) is 6.92 Å². The maximum atomic E-state index is 10.9. The highest BCUT2D eigenvalue weighted by molar-refractivity contribution is 5.73. The summed E-state index contributed by atoms with van der Waals surface area (Å²) < 4.78 is 15.0. The van der Waals surface area contributed by atoms with Crippen LogP contribution in [0.3, 0.4) is 0 Å². The monoisotopic (exact) mass is 188 g/mol. The second-order valence-corrected chi connectivity index (χ2v) is 3.23. The lowest BCUT2D eigenvalue weighted by molar-refractivity contribution is -0.153. The van der Waals surface area contributed by atoms with Crippen molar-refractivity contribution in [2.75, 3.05) is 26.9 Å². The lowest BCUT2D eigenvalue weighted by Gasteiger charge is -2.13. The molecule has 0 aromatic rings. The molecule has 0 aromatic heterocycles. The number of rotatable bonds is 4. The molecule has 4 heteroatoms. The Morgan fingerprint density at radius 3 is 3.00 bits per heavy atom. The molecule has 1 saturated heterocycles. The summed E-state index contributed by atoms with van der Waals surface area (Å²) in [6.45, 7) is 3.83. The third-order valence-electron chi connectivity index (χ3n) is 2.14. The number of methoxy groups -OCH3 is 1. The number of carbonyl (C=O) groups is 1. The van der Waals surface area contributed by atoms with Crippen LogP contribution in [0.1, 0.15) is 13.3 Å². The molecule has 0 spiro atoms. The molecule has 0 amide bonds. The van der Waals surface area contributed by atoms with E-state index < -0.39 is 6.10 Å². The molecule has 0 bridgehead atoms. The van der Waals surface area contributed by atoms with Crippen molar-refractivity contribution in [3.05, 3.63) is 0 Å². The van der Waals surface area contributed by atoms with Gasteiger partial charge in [-0.05, 0) is 13.3 Å². The quantitative estimate of drug-likeness (QED) is 0.606. The third-order valence-corrected chi connectivity index (χ3v) is 2.14. The Bertz CT molecular complexity index is 163. The van der Waals surface area contributed by atoms with Gasteiger partial charge in [-0.25, -0.2) is 4.79 Å². The van der Waals surface area contributed by atoms with Gasteiger partial charge < -0.3 is 14.2 Å². The van der Waals surface area contributed by atoms with Gasteiger partial charge in [-0.15, -0.1) is 0 Å². The third kappa shape index (κ3) is 3.32.